The maximum atomic E-state index is 13.0. The number of benzene rings is 2. The molecule has 0 saturated heterocycles. The number of carbonyl (C=O) groups is 1. The van der Waals surface area contributed by atoms with Gasteiger partial charge in [0.25, 0.3) is 5.91 Å². The van der Waals surface area contributed by atoms with E-state index < -0.39 is 0 Å². The molecule has 2 aromatic carbocycles. The van der Waals surface area contributed by atoms with Gasteiger partial charge in [-0.3, -0.25) is 4.79 Å². The molecule has 24 heavy (non-hydrogen) atoms. The van der Waals surface area contributed by atoms with Crippen LogP contribution in [0, 0.1) is 12.7 Å². The minimum Gasteiger partial charge on any atom is -0.313 e. The van der Waals surface area contributed by atoms with Crippen LogP contribution in [-0.4, -0.2) is 5.91 Å². The van der Waals surface area contributed by atoms with Gasteiger partial charge in [0, 0.05) is 16.0 Å². The van der Waals surface area contributed by atoms with Crippen molar-refractivity contribution >= 4 is 33.8 Å². The van der Waals surface area contributed by atoms with Crippen LogP contribution in [0.25, 0.3) is 11.1 Å². The molecule has 0 aliphatic carbocycles. The summed E-state index contributed by atoms with van der Waals surface area (Å²) in [6, 6.07) is 13.0. The smallest absolute Gasteiger partial charge is 0.256 e. The molecule has 0 fully saturated rings. The summed E-state index contributed by atoms with van der Waals surface area (Å²) in [4.78, 5) is 12.3. The van der Waals surface area contributed by atoms with Gasteiger partial charge in [0.1, 0.15) is 5.82 Å². The summed E-state index contributed by atoms with van der Waals surface area (Å²) in [6.07, 6.45) is 0.542. The Balaban J connectivity index is 1.88. The molecule has 2 nitrogen and oxygen atoms in total. The molecular weight excluding hydrogens is 345 g/mol. The van der Waals surface area contributed by atoms with Crippen molar-refractivity contribution in [1.82, 2.24) is 0 Å². The summed E-state index contributed by atoms with van der Waals surface area (Å²) in [5, 5.41) is 6.31. The van der Waals surface area contributed by atoms with E-state index in [0.29, 0.717) is 17.0 Å². The molecular formula is C19H14ClFNOS. The van der Waals surface area contributed by atoms with Crippen molar-refractivity contribution in [3.05, 3.63) is 82.8 Å². The summed E-state index contributed by atoms with van der Waals surface area (Å²) in [5.74, 6) is -0.639. The Bertz CT molecular complexity index is 856. The zero-order valence-corrected chi connectivity index (χ0v) is 14.3. The third-order valence-electron chi connectivity index (χ3n) is 3.63. The van der Waals surface area contributed by atoms with E-state index in [4.69, 9.17) is 11.6 Å². The number of hydrogen-bond acceptors (Lipinski definition) is 2. The molecule has 0 saturated carbocycles. The lowest BCUT2D eigenvalue weighted by Gasteiger charge is -2.08. The van der Waals surface area contributed by atoms with Crippen molar-refractivity contribution < 1.29 is 9.18 Å². The summed E-state index contributed by atoms with van der Waals surface area (Å²) in [5.41, 5.74) is 3.43. The van der Waals surface area contributed by atoms with E-state index in [0.717, 1.165) is 21.7 Å². The molecule has 0 spiro atoms. The first-order valence-electron chi connectivity index (χ1n) is 7.31. The highest BCUT2D eigenvalue weighted by Gasteiger charge is 2.15. The van der Waals surface area contributed by atoms with Crippen LogP contribution in [0.2, 0.25) is 5.02 Å². The van der Waals surface area contributed by atoms with Gasteiger partial charge in [0.2, 0.25) is 0 Å². The van der Waals surface area contributed by atoms with Gasteiger partial charge in [-0.25, -0.2) is 4.39 Å². The minimum absolute atomic E-state index is 0.269. The van der Waals surface area contributed by atoms with E-state index in [1.165, 1.54) is 35.6 Å². The molecule has 1 aromatic heterocycles. The van der Waals surface area contributed by atoms with Gasteiger partial charge in [0.15, 0.2) is 0 Å². The van der Waals surface area contributed by atoms with Crippen molar-refractivity contribution in [3.8, 4) is 11.1 Å². The van der Waals surface area contributed by atoms with Gasteiger partial charge in [-0.05, 0) is 66.4 Å². The lowest BCUT2D eigenvalue weighted by atomic mass is 10.0. The van der Waals surface area contributed by atoms with E-state index in [1.807, 2.05) is 29.6 Å². The number of thiophene rings is 1. The van der Waals surface area contributed by atoms with Gasteiger partial charge in [-0.2, -0.15) is 0 Å². The summed E-state index contributed by atoms with van der Waals surface area (Å²) < 4.78 is 13.0. The summed E-state index contributed by atoms with van der Waals surface area (Å²) in [6.45, 7) is 3.96. The number of anilines is 1. The number of halogens is 2. The van der Waals surface area contributed by atoms with Crippen LogP contribution in [0.15, 0.2) is 53.9 Å². The normalized spacial score (nSPS) is 10.6. The monoisotopic (exact) mass is 358 g/mol. The lowest BCUT2D eigenvalue weighted by molar-refractivity contribution is 0.102. The van der Waals surface area contributed by atoms with E-state index in [9.17, 15) is 9.18 Å². The standard InChI is InChI=1S/C19H14ClFNOS/c1-2-16-17(12-3-7-14(20)8-4-12)11-24-19(16)22-18(23)13-5-9-15(21)10-6-13/h3-11H,1-2H2,(H,22,23). The van der Waals surface area contributed by atoms with Crippen LogP contribution in [0.4, 0.5) is 9.39 Å². The molecule has 0 aliphatic heterocycles. The fourth-order valence-corrected chi connectivity index (χ4v) is 3.53. The Hall–Kier alpha value is -2.17. The molecule has 0 aliphatic rings. The Morgan fingerprint density at radius 1 is 1.12 bits per heavy atom. The quantitative estimate of drug-likeness (QED) is 0.624. The first-order chi connectivity index (χ1) is 11.6. The molecule has 1 heterocycles. The van der Waals surface area contributed by atoms with Gasteiger partial charge in [0.05, 0.1) is 5.00 Å². The number of amides is 1. The number of hydrogen-bond donors (Lipinski definition) is 1. The second-order valence-electron chi connectivity index (χ2n) is 5.17. The average Bonchev–Trinajstić information content (AvgIpc) is 2.98. The van der Waals surface area contributed by atoms with Crippen molar-refractivity contribution in [3.63, 3.8) is 0 Å². The first kappa shape index (κ1) is 16.7. The SMILES string of the molecule is [CH2]Cc1c(-c2ccc(Cl)cc2)csc1NC(=O)c1ccc(F)cc1. The Labute approximate surface area is 148 Å². The minimum atomic E-state index is -0.369. The van der Waals surface area contributed by atoms with Gasteiger partial charge in [-0.15, -0.1) is 11.3 Å². The molecule has 1 radical (unpaired) electrons. The maximum Gasteiger partial charge on any atom is 0.256 e. The highest BCUT2D eigenvalue weighted by Crippen LogP contribution is 2.36. The highest BCUT2D eigenvalue weighted by atomic mass is 35.5. The van der Waals surface area contributed by atoms with Crippen molar-refractivity contribution in [1.29, 1.82) is 0 Å². The van der Waals surface area contributed by atoms with Crippen molar-refractivity contribution in [2.24, 2.45) is 0 Å². The third-order valence-corrected chi connectivity index (χ3v) is 4.82. The molecule has 3 rings (SSSR count). The van der Waals surface area contributed by atoms with Crippen molar-refractivity contribution in [2.45, 2.75) is 6.42 Å². The largest absolute Gasteiger partial charge is 0.313 e. The first-order valence-corrected chi connectivity index (χ1v) is 8.56. The number of nitrogens with one attached hydrogen (secondary N) is 1. The second kappa shape index (κ2) is 7.16. The molecule has 0 unspecified atom stereocenters. The topological polar surface area (TPSA) is 29.1 Å². The Morgan fingerprint density at radius 3 is 2.42 bits per heavy atom. The van der Waals surface area contributed by atoms with Gasteiger partial charge >= 0.3 is 0 Å². The van der Waals surface area contributed by atoms with Gasteiger partial charge < -0.3 is 5.32 Å². The Kier molecular flexibility index (Phi) is 4.97. The van der Waals surface area contributed by atoms with Crippen LogP contribution < -0.4 is 5.32 Å². The predicted octanol–water partition coefficient (Wildman–Crippen LogP) is 5.84. The molecule has 0 bridgehead atoms. The van der Waals surface area contributed by atoms with Crippen molar-refractivity contribution in [2.75, 3.05) is 5.32 Å². The van der Waals surface area contributed by atoms with E-state index >= 15 is 0 Å². The van der Waals surface area contributed by atoms with Crippen LogP contribution in [-0.2, 0) is 6.42 Å². The van der Waals surface area contributed by atoms with Crippen LogP contribution in [0.3, 0.4) is 0 Å². The zero-order valence-electron chi connectivity index (χ0n) is 12.7. The predicted molar refractivity (Wildman–Crippen MR) is 98.2 cm³/mol. The molecule has 1 N–H and O–H groups in total. The second-order valence-corrected chi connectivity index (χ2v) is 6.49. The third kappa shape index (κ3) is 3.50. The fraction of sp³-hybridized carbons (Fsp3) is 0.0526. The molecule has 0 atom stereocenters. The van der Waals surface area contributed by atoms with Crippen LogP contribution in [0.1, 0.15) is 15.9 Å². The lowest BCUT2D eigenvalue weighted by Crippen LogP contribution is -2.12. The fourth-order valence-electron chi connectivity index (χ4n) is 2.38. The van der Waals surface area contributed by atoms with E-state index in [-0.39, 0.29) is 11.7 Å². The average molecular weight is 359 g/mol. The maximum absolute atomic E-state index is 13.0. The number of carbonyl (C=O) groups excluding carboxylic acids is 1. The van der Waals surface area contributed by atoms with Crippen LogP contribution >= 0.6 is 22.9 Å². The van der Waals surface area contributed by atoms with Crippen LogP contribution in [0.5, 0.6) is 0 Å². The zero-order chi connectivity index (χ0) is 17.1. The molecule has 1 amide bonds. The van der Waals surface area contributed by atoms with E-state index in [1.54, 1.807) is 0 Å². The van der Waals surface area contributed by atoms with E-state index in [2.05, 4.69) is 12.2 Å². The summed E-state index contributed by atoms with van der Waals surface area (Å²) >= 11 is 7.38. The number of rotatable bonds is 4. The molecule has 121 valence electrons. The molecule has 5 heteroatoms. The van der Waals surface area contributed by atoms with Gasteiger partial charge in [-0.1, -0.05) is 23.7 Å². The highest BCUT2D eigenvalue weighted by molar-refractivity contribution is 7.15. The Morgan fingerprint density at radius 2 is 1.79 bits per heavy atom. The molecule has 3 aromatic rings. The summed E-state index contributed by atoms with van der Waals surface area (Å²) in [7, 11) is 0.